The molecule has 1 atom stereocenters. The van der Waals surface area contributed by atoms with E-state index in [4.69, 9.17) is 0 Å². The molecule has 0 bridgehead atoms. The van der Waals surface area contributed by atoms with Gasteiger partial charge in [0.25, 0.3) is 5.91 Å². The van der Waals surface area contributed by atoms with E-state index in [1.165, 1.54) is 20.7 Å². The summed E-state index contributed by atoms with van der Waals surface area (Å²) < 4.78 is 2.35. The third-order valence-corrected chi connectivity index (χ3v) is 4.88. The lowest BCUT2D eigenvalue weighted by molar-refractivity contribution is 0.0770. The van der Waals surface area contributed by atoms with Crippen molar-refractivity contribution in [2.24, 2.45) is 0 Å². The van der Waals surface area contributed by atoms with Crippen molar-refractivity contribution in [3.8, 4) is 0 Å². The van der Waals surface area contributed by atoms with Crippen molar-refractivity contribution < 1.29 is 9.90 Å². The Morgan fingerprint density at radius 1 is 1.50 bits per heavy atom. The molecule has 0 radical (unpaired) electrons. The summed E-state index contributed by atoms with van der Waals surface area (Å²) in [6.45, 7) is 1.15. The van der Waals surface area contributed by atoms with Gasteiger partial charge in [-0.15, -0.1) is 22.7 Å². The van der Waals surface area contributed by atoms with E-state index in [2.05, 4.69) is 0 Å². The van der Waals surface area contributed by atoms with Gasteiger partial charge < -0.3 is 10.0 Å². The standard InChI is InChI=1S/C11H11NO2S2/c13-7-1-3-12(6-7)11(14)10-5-9-8(16-10)2-4-15-9/h2,4-5,7,13H,1,3,6H2/t7-/m0/s1. The Balaban J connectivity index is 1.87. The van der Waals surface area contributed by atoms with Gasteiger partial charge in [-0.2, -0.15) is 0 Å². The highest BCUT2D eigenvalue weighted by molar-refractivity contribution is 7.27. The van der Waals surface area contributed by atoms with Gasteiger partial charge in [0.15, 0.2) is 0 Å². The van der Waals surface area contributed by atoms with Crippen molar-refractivity contribution in [3.63, 3.8) is 0 Å². The lowest BCUT2D eigenvalue weighted by atomic mass is 10.3. The van der Waals surface area contributed by atoms with E-state index in [-0.39, 0.29) is 12.0 Å². The van der Waals surface area contributed by atoms with Crippen LogP contribution in [0.3, 0.4) is 0 Å². The first-order valence-corrected chi connectivity index (χ1v) is 6.88. The quantitative estimate of drug-likeness (QED) is 0.846. The molecule has 1 saturated heterocycles. The van der Waals surface area contributed by atoms with Crippen LogP contribution in [0.15, 0.2) is 17.5 Å². The molecule has 0 aliphatic carbocycles. The maximum Gasteiger partial charge on any atom is 0.264 e. The molecular formula is C11H11NO2S2. The van der Waals surface area contributed by atoms with Crippen molar-refractivity contribution in [2.45, 2.75) is 12.5 Å². The Labute approximate surface area is 101 Å². The summed E-state index contributed by atoms with van der Waals surface area (Å²) >= 11 is 3.20. The topological polar surface area (TPSA) is 40.5 Å². The number of nitrogens with zero attached hydrogens (tertiary/aromatic N) is 1. The highest BCUT2D eigenvalue weighted by Crippen LogP contribution is 2.31. The van der Waals surface area contributed by atoms with Gasteiger partial charge in [-0.05, 0) is 23.9 Å². The maximum atomic E-state index is 12.1. The van der Waals surface area contributed by atoms with E-state index in [1.54, 1.807) is 16.2 Å². The number of carbonyl (C=O) groups excluding carboxylic acids is 1. The van der Waals surface area contributed by atoms with Gasteiger partial charge in [-0.3, -0.25) is 4.79 Å². The van der Waals surface area contributed by atoms with Gasteiger partial charge in [0, 0.05) is 22.5 Å². The maximum absolute atomic E-state index is 12.1. The van der Waals surface area contributed by atoms with E-state index in [0.29, 0.717) is 19.5 Å². The molecule has 1 N–H and O–H groups in total. The molecule has 1 aliphatic heterocycles. The predicted molar refractivity (Wildman–Crippen MR) is 66.2 cm³/mol. The average molecular weight is 253 g/mol. The number of rotatable bonds is 1. The number of thiophene rings is 2. The van der Waals surface area contributed by atoms with E-state index in [0.717, 1.165) is 4.88 Å². The van der Waals surface area contributed by atoms with Crippen LogP contribution >= 0.6 is 22.7 Å². The Hall–Kier alpha value is -0.910. The third-order valence-electron chi connectivity index (χ3n) is 2.80. The van der Waals surface area contributed by atoms with Crippen molar-refractivity contribution in [1.82, 2.24) is 4.90 Å². The van der Waals surface area contributed by atoms with Crippen LogP contribution in [-0.4, -0.2) is 35.1 Å². The molecule has 3 heterocycles. The normalized spacial score (nSPS) is 20.8. The molecule has 2 aromatic heterocycles. The number of hydrogen-bond donors (Lipinski definition) is 1. The largest absolute Gasteiger partial charge is 0.391 e. The van der Waals surface area contributed by atoms with Crippen molar-refractivity contribution in [2.75, 3.05) is 13.1 Å². The Kier molecular flexibility index (Phi) is 2.46. The van der Waals surface area contributed by atoms with Crippen molar-refractivity contribution in [3.05, 3.63) is 22.4 Å². The Morgan fingerprint density at radius 2 is 2.38 bits per heavy atom. The number of hydrogen-bond acceptors (Lipinski definition) is 4. The minimum Gasteiger partial charge on any atom is -0.391 e. The molecule has 3 rings (SSSR count). The highest BCUT2D eigenvalue weighted by Gasteiger charge is 2.26. The van der Waals surface area contributed by atoms with Crippen LogP contribution in [0.4, 0.5) is 0 Å². The molecular weight excluding hydrogens is 242 g/mol. The fraction of sp³-hybridized carbons (Fsp3) is 0.364. The number of likely N-dealkylation sites (tertiary alicyclic amines) is 1. The zero-order chi connectivity index (χ0) is 11.1. The fourth-order valence-corrected chi connectivity index (χ4v) is 4.03. The van der Waals surface area contributed by atoms with Crippen LogP contribution in [-0.2, 0) is 0 Å². The number of aliphatic hydroxyl groups is 1. The fourth-order valence-electron chi connectivity index (χ4n) is 1.95. The zero-order valence-electron chi connectivity index (χ0n) is 8.55. The molecule has 1 fully saturated rings. The molecule has 3 nitrogen and oxygen atoms in total. The number of β-amino-alcohol motifs (C(OH)–C–C–N with tert-alkyl or cyclic N) is 1. The Morgan fingerprint density at radius 3 is 3.06 bits per heavy atom. The molecule has 84 valence electrons. The summed E-state index contributed by atoms with van der Waals surface area (Å²) in [7, 11) is 0. The van der Waals surface area contributed by atoms with Gasteiger partial charge in [0.2, 0.25) is 0 Å². The van der Waals surface area contributed by atoms with Crippen LogP contribution in [0.25, 0.3) is 9.40 Å². The molecule has 5 heteroatoms. The molecule has 1 aliphatic rings. The van der Waals surface area contributed by atoms with E-state index >= 15 is 0 Å². The Bertz CT molecular complexity index is 502. The van der Waals surface area contributed by atoms with Gasteiger partial charge in [-0.25, -0.2) is 0 Å². The van der Waals surface area contributed by atoms with Crippen LogP contribution in [0.2, 0.25) is 0 Å². The molecule has 0 aromatic carbocycles. The van der Waals surface area contributed by atoms with E-state index < -0.39 is 0 Å². The van der Waals surface area contributed by atoms with Crippen molar-refractivity contribution in [1.29, 1.82) is 0 Å². The summed E-state index contributed by atoms with van der Waals surface area (Å²) in [5.41, 5.74) is 0. The van der Waals surface area contributed by atoms with Gasteiger partial charge in [0.05, 0.1) is 11.0 Å². The van der Waals surface area contributed by atoms with Crippen LogP contribution in [0.5, 0.6) is 0 Å². The molecule has 0 saturated carbocycles. The van der Waals surface area contributed by atoms with E-state index in [1.807, 2.05) is 17.5 Å². The summed E-state index contributed by atoms with van der Waals surface area (Å²) in [6.07, 6.45) is 0.357. The number of fused-ring (bicyclic) bond motifs is 1. The first-order chi connectivity index (χ1) is 7.74. The third kappa shape index (κ3) is 1.65. The summed E-state index contributed by atoms with van der Waals surface area (Å²) in [4.78, 5) is 14.6. The van der Waals surface area contributed by atoms with Crippen molar-refractivity contribution >= 4 is 38.0 Å². The van der Waals surface area contributed by atoms with E-state index in [9.17, 15) is 9.90 Å². The summed E-state index contributed by atoms with van der Waals surface area (Å²) in [5.74, 6) is 0.0601. The molecule has 0 spiro atoms. The SMILES string of the molecule is O=C(c1cc2sccc2s1)N1CC[C@H](O)C1. The average Bonchev–Trinajstić information content (AvgIpc) is 2.89. The van der Waals surface area contributed by atoms with Crippen LogP contribution < -0.4 is 0 Å². The van der Waals surface area contributed by atoms with Gasteiger partial charge >= 0.3 is 0 Å². The number of aliphatic hydroxyl groups excluding tert-OH is 1. The minimum atomic E-state index is -0.343. The van der Waals surface area contributed by atoms with Crippen LogP contribution in [0, 0.1) is 0 Å². The first-order valence-electron chi connectivity index (χ1n) is 5.18. The smallest absolute Gasteiger partial charge is 0.264 e. The second-order valence-electron chi connectivity index (χ2n) is 3.95. The first kappa shape index (κ1) is 10.3. The predicted octanol–water partition coefficient (Wildman–Crippen LogP) is 2.17. The zero-order valence-corrected chi connectivity index (χ0v) is 10.2. The number of carbonyl (C=O) groups is 1. The molecule has 1 amide bonds. The monoisotopic (exact) mass is 253 g/mol. The second kappa shape index (κ2) is 3.84. The van der Waals surface area contributed by atoms with Gasteiger partial charge in [-0.1, -0.05) is 0 Å². The minimum absolute atomic E-state index is 0.0601. The summed E-state index contributed by atoms with van der Waals surface area (Å²) in [6, 6.07) is 4.00. The summed E-state index contributed by atoms with van der Waals surface area (Å²) in [5, 5.41) is 11.4. The van der Waals surface area contributed by atoms with Gasteiger partial charge in [0.1, 0.15) is 0 Å². The highest BCUT2D eigenvalue weighted by atomic mass is 32.1. The second-order valence-corrected chi connectivity index (χ2v) is 5.98. The molecule has 2 aromatic rings. The lowest BCUT2D eigenvalue weighted by Gasteiger charge is -2.13. The lowest BCUT2D eigenvalue weighted by Crippen LogP contribution is -2.28. The van der Waals surface area contributed by atoms with Crippen LogP contribution in [0.1, 0.15) is 16.1 Å². The molecule has 0 unspecified atom stereocenters. The number of amides is 1. The molecule has 16 heavy (non-hydrogen) atoms.